The minimum Gasteiger partial charge on any atom is -0.486 e. The van der Waals surface area contributed by atoms with Crippen LogP contribution in [0.3, 0.4) is 0 Å². The van der Waals surface area contributed by atoms with Gasteiger partial charge in [0.25, 0.3) is 0 Å². The molecule has 4 rings (SSSR count). The molecule has 0 spiro atoms. The summed E-state index contributed by atoms with van der Waals surface area (Å²) in [4.78, 5) is 27.2. The van der Waals surface area contributed by atoms with Crippen molar-refractivity contribution < 1.29 is 14.3 Å². The number of nitrogens with one attached hydrogen (secondary N) is 3. The van der Waals surface area contributed by atoms with Gasteiger partial charge in [-0.05, 0) is 23.7 Å². The van der Waals surface area contributed by atoms with Gasteiger partial charge in [0.15, 0.2) is 23.0 Å². The average molecular weight is 375 g/mol. The van der Waals surface area contributed by atoms with Crippen LogP contribution in [-0.2, 0) is 4.79 Å². The van der Waals surface area contributed by atoms with Crippen molar-refractivity contribution in [1.82, 2.24) is 19.9 Å². The fourth-order valence-electron chi connectivity index (χ4n) is 2.57. The Balaban J connectivity index is 1.35. The van der Waals surface area contributed by atoms with Gasteiger partial charge in [-0.1, -0.05) is 0 Å². The highest BCUT2D eigenvalue weighted by atomic mass is 35.5. The number of hydrogen-bond donors (Lipinski definition) is 3. The maximum Gasteiger partial charge on any atom is 0.226 e. The fourth-order valence-corrected chi connectivity index (χ4v) is 2.74. The third-order valence-corrected chi connectivity index (χ3v) is 3.90. The van der Waals surface area contributed by atoms with Crippen LogP contribution < -0.4 is 20.1 Å². The first-order chi connectivity index (χ1) is 12.7. The van der Waals surface area contributed by atoms with E-state index in [2.05, 4.69) is 30.6 Å². The van der Waals surface area contributed by atoms with E-state index in [9.17, 15) is 4.79 Å². The average Bonchev–Trinajstić information content (AvgIpc) is 3.10. The zero-order chi connectivity index (χ0) is 17.9. The minimum atomic E-state index is -0.143. The van der Waals surface area contributed by atoms with Crippen LogP contribution in [0, 0.1) is 0 Å². The molecule has 0 fully saturated rings. The van der Waals surface area contributed by atoms with Crippen LogP contribution in [0.4, 0.5) is 11.5 Å². The highest BCUT2D eigenvalue weighted by Crippen LogP contribution is 2.32. The van der Waals surface area contributed by atoms with Gasteiger partial charge in [0.05, 0.1) is 6.33 Å². The largest absolute Gasteiger partial charge is 0.486 e. The molecule has 1 amide bonds. The molecule has 0 saturated heterocycles. The van der Waals surface area contributed by atoms with E-state index in [1.54, 1.807) is 18.2 Å². The number of aromatic nitrogens is 4. The lowest BCUT2D eigenvalue weighted by atomic mass is 10.2. The number of benzene rings is 1. The van der Waals surface area contributed by atoms with E-state index in [-0.39, 0.29) is 17.6 Å². The number of imidazole rings is 1. The molecule has 0 saturated carbocycles. The second-order valence-corrected chi connectivity index (χ2v) is 5.86. The first kappa shape index (κ1) is 16.4. The number of anilines is 2. The maximum absolute atomic E-state index is 12.1. The first-order valence-electron chi connectivity index (χ1n) is 7.99. The Morgan fingerprint density at radius 3 is 2.96 bits per heavy atom. The number of rotatable bonds is 5. The maximum atomic E-state index is 12.1. The molecule has 10 heteroatoms. The van der Waals surface area contributed by atoms with Crippen LogP contribution >= 0.6 is 11.6 Å². The number of carbonyl (C=O) groups is 1. The van der Waals surface area contributed by atoms with Crippen molar-refractivity contribution in [2.45, 2.75) is 6.42 Å². The van der Waals surface area contributed by atoms with Crippen molar-refractivity contribution >= 4 is 40.2 Å². The molecule has 0 radical (unpaired) electrons. The number of ether oxygens (including phenoxy) is 2. The standard InChI is InChI=1S/C16H15ClN6O3/c17-16-22-14(13-15(23-16)20-8-19-13)18-4-3-12(24)21-9-1-2-10-11(7-9)26-6-5-25-10/h1-2,7-8H,3-6H2,(H,21,24)(H2,18,19,20,22,23). The van der Waals surface area contributed by atoms with E-state index in [1.165, 1.54) is 6.33 Å². The van der Waals surface area contributed by atoms with Crippen LogP contribution in [0.1, 0.15) is 6.42 Å². The molecule has 3 aromatic rings. The number of aromatic amines is 1. The zero-order valence-electron chi connectivity index (χ0n) is 13.6. The Labute approximate surface area is 153 Å². The van der Waals surface area contributed by atoms with Crippen molar-refractivity contribution in [2.24, 2.45) is 0 Å². The van der Waals surface area contributed by atoms with Crippen molar-refractivity contribution in [3.63, 3.8) is 0 Å². The SMILES string of the molecule is O=C(CCNc1nc(Cl)nc2nc[nH]c12)Nc1ccc2c(c1)OCCO2. The molecule has 9 nitrogen and oxygen atoms in total. The molecule has 1 aliphatic rings. The van der Waals surface area contributed by atoms with Crippen molar-refractivity contribution in [3.8, 4) is 11.5 Å². The Morgan fingerprint density at radius 1 is 1.23 bits per heavy atom. The highest BCUT2D eigenvalue weighted by Gasteiger charge is 2.13. The van der Waals surface area contributed by atoms with Crippen LogP contribution in [-0.4, -0.2) is 45.6 Å². The van der Waals surface area contributed by atoms with Gasteiger partial charge in [-0.25, -0.2) is 4.98 Å². The number of halogens is 1. The summed E-state index contributed by atoms with van der Waals surface area (Å²) in [7, 11) is 0. The molecule has 1 aromatic carbocycles. The lowest BCUT2D eigenvalue weighted by Crippen LogP contribution is -2.18. The Hall–Kier alpha value is -3.07. The van der Waals surface area contributed by atoms with Gasteiger partial charge in [0.2, 0.25) is 11.2 Å². The lowest BCUT2D eigenvalue weighted by molar-refractivity contribution is -0.115. The minimum absolute atomic E-state index is 0.0906. The molecule has 3 heterocycles. The molecular formula is C16H15ClN6O3. The predicted octanol–water partition coefficient (Wildman–Crippen LogP) is 2.22. The summed E-state index contributed by atoms with van der Waals surface area (Å²) in [6.45, 7) is 1.40. The summed E-state index contributed by atoms with van der Waals surface area (Å²) in [5.41, 5.74) is 1.76. The molecule has 0 unspecified atom stereocenters. The van der Waals surface area contributed by atoms with Gasteiger partial charge >= 0.3 is 0 Å². The quantitative estimate of drug-likeness (QED) is 0.586. The molecule has 0 aliphatic carbocycles. The first-order valence-corrected chi connectivity index (χ1v) is 8.37. The van der Waals surface area contributed by atoms with Crippen LogP contribution in [0.5, 0.6) is 11.5 Å². The van der Waals surface area contributed by atoms with E-state index < -0.39 is 0 Å². The van der Waals surface area contributed by atoms with Gasteiger partial charge in [-0.15, -0.1) is 0 Å². The van der Waals surface area contributed by atoms with Crippen LogP contribution in [0.15, 0.2) is 24.5 Å². The van der Waals surface area contributed by atoms with Gasteiger partial charge in [-0.3, -0.25) is 4.79 Å². The third-order valence-electron chi connectivity index (χ3n) is 3.73. The van der Waals surface area contributed by atoms with Gasteiger partial charge < -0.3 is 25.1 Å². The second kappa shape index (κ2) is 7.04. The number of H-pyrrole nitrogens is 1. The molecule has 0 bridgehead atoms. The van der Waals surface area contributed by atoms with Gasteiger partial charge in [0.1, 0.15) is 18.7 Å². The highest BCUT2D eigenvalue weighted by molar-refractivity contribution is 6.28. The summed E-state index contributed by atoms with van der Waals surface area (Å²) >= 11 is 5.87. The molecular weight excluding hydrogens is 360 g/mol. The molecule has 2 aromatic heterocycles. The summed E-state index contributed by atoms with van der Waals surface area (Å²) in [5.74, 6) is 1.67. The topological polar surface area (TPSA) is 114 Å². The van der Waals surface area contributed by atoms with E-state index >= 15 is 0 Å². The lowest BCUT2D eigenvalue weighted by Gasteiger charge is -2.19. The van der Waals surface area contributed by atoms with Crippen LogP contribution in [0.2, 0.25) is 5.28 Å². The summed E-state index contributed by atoms with van der Waals surface area (Å²) in [6, 6.07) is 5.30. The molecule has 1 aliphatic heterocycles. The van der Waals surface area contributed by atoms with Crippen LogP contribution in [0.25, 0.3) is 11.2 Å². The van der Waals surface area contributed by atoms with Gasteiger partial charge in [0, 0.05) is 24.7 Å². The summed E-state index contributed by atoms with van der Waals surface area (Å²) in [6.07, 6.45) is 1.75. The number of amides is 1. The molecule has 134 valence electrons. The third kappa shape index (κ3) is 3.47. The molecule has 3 N–H and O–H groups in total. The number of carbonyl (C=O) groups excluding carboxylic acids is 1. The molecule has 0 atom stereocenters. The Bertz CT molecular complexity index is 960. The smallest absolute Gasteiger partial charge is 0.226 e. The van der Waals surface area contributed by atoms with Crippen molar-refractivity contribution in [2.75, 3.05) is 30.4 Å². The normalized spacial score (nSPS) is 12.8. The fraction of sp³-hybridized carbons (Fsp3) is 0.250. The van der Waals surface area contributed by atoms with Crippen molar-refractivity contribution in [1.29, 1.82) is 0 Å². The monoisotopic (exact) mass is 374 g/mol. The van der Waals surface area contributed by atoms with E-state index in [4.69, 9.17) is 21.1 Å². The predicted molar refractivity (Wildman–Crippen MR) is 95.9 cm³/mol. The number of hydrogen-bond acceptors (Lipinski definition) is 7. The zero-order valence-corrected chi connectivity index (χ0v) is 14.3. The van der Waals surface area contributed by atoms with Gasteiger partial charge in [-0.2, -0.15) is 9.97 Å². The Morgan fingerprint density at radius 2 is 2.08 bits per heavy atom. The number of fused-ring (bicyclic) bond motifs is 2. The summed E-state index contributed by atoms with van der Waals surface area (Å²) in [5, 5.41) is 5.99. The van der Waals surface area contributed by atoms with E-state index in [1.807, 2.05) is 0 Å². The molecule has 26 heavy (non-hydrogen) atoms. The second-order valence-electron chi connectivity index (χ2n) is 5.53. The number of nitrogens with zero attached hydrogens (tertiary/aromatic N) is 3. The summed E-state index contributed by atoms with van der Waals surface area (Å²) < 4.78 is 11.0. The van der Waals surface area contributed by atoms with Crippen molar-refractivity contribution in [3.05, 3.63) is 29.8 Å². The van der Waals surface area contributed by atoms with E-state index in [0.29, 0.717) is 53.9 Å². The Kier molecular flexibility index (Phi) is 4.44. The van der Waals surface area contributed by atoms with E-state index in [0.717, 1.165) is 0 Å².